The molecule has 1 heterocycles. The predicted molar refractivity (Wildman–Crippen MR) is 104 cm³/mol. The first-order chi connectivity index (χ1) is 12.6. The van der Waals surface area contributed by atoms with E-state index in [0.717, 1.165) is 57.5 Å². The van der Waals surface area contributed by atoms with Gasteiger partial charge in [-0.05, 0) is 81.6 Å². The Labute approximate surface area is 163 Å². The average molecular weight is 377 g/mol. The van der Waals surface area contributed by atoms with Crippen molar-refractivity contribution >= 4 is 11.9 Å². The quantitative estimate of drug-likeness (QED) is 0.817. The summed E-state index contributed by atoms with van der Waals surface area (Å²) in [5.74, 6) is 0.386. The number of rotatable bonds is 4. The van der Waals surface area contributed by atoms with Crippen LogP contribution < -0.4 is 0 Å². The molecule has 5 fully saturated rings. The standard InChI is InChI=1S/C22H36N2O3/c1-20-9-16-10-21(2,13-20)15-22(11-16,14-20)19(27)24-7-4-5-17(6-8-24)23(3)12-18(25)26/h16-17H,4-15H2,1-3H3,(H,25,26). The van der Waals surface area contributed by atoms with E-state index in [4.69, 9.17) is 5.11 Å². The Morgan fingerprint density at radius 3 is 2.30 bits per heavy atom. The smallest absolute Gasteiger partial charge is 0.317 e. The summed E-state index contributed by atoms with van der Waals surface area (Å²) in [7, 11) is 1.90. The molecule has 5 aliphatic rings. The van der Waals surface area contributed by atoms with E-state index in [1.165, 1.54) is 19.3 Å². The number of amides is 1. The molecule has 3 unspecified atom stereocenters. The molecule has 152 valence electrons. The molecule has 3 atom stereocenters. The van der Waals surface area contributed by atoms with E-state index in [-0.39, 0.29) is 18.0 Å². The molecule has 1 amide bonds. The van der Waals surface area contributed by atoms with Gasteiger partial charge in [0, 0.05) is 19.1 Å². The van der Waals surface area contributed by atoms with Gasteiger partial charge in [0.2, 0.25) is 5.91 Å². The van der Waals surface area contributed by atoms with Crippen molar-refractivity contribution in [3.8, 4) is 0 Å². The van der Waals surface area contributed by atoms with Gasteiger partial charge in [-0.1, -0.05) is 13.8 Å². The summed E-state index contributed by atoms with van der Waals surface area (Å²) in [6.07, 6.45) is 10.1. The number of likely N-dealkylation sites (tertiary alicyclic amines) is 1. The zero-order chi connectivity index (χ0) is 19.4. The van der Waals surface area contributed by atoms with Crippen molar-refractivity contribution in [1.29, 1.82) is 0 Å². The van der Waals surface area contributed by atoms with Gasteiger partial charge in [-0.15, -0.1) is 0 Å². The molecule has 0 aromatic heterocycles. The van der Waals surface area contributed by atoms with Gasteiger partial charge in [-0.2, -0.15) is 0 Å². The van der Waals surface area contributed by atoms with Gasteiger partial charge in [0.1, 0.15) is 0 Å². The van der Waals surface area contributed by atoms with Crippen molar-refractivity contribution in [2.45, 2.75) is 77.7 Å². The fourth-order valence-corrected chi connectivity index (χ4v) is 8.09. The number of carbonyl (C=O) groups is 2. The molecule has 5 rings (SSSR count). The Morgan fingerprint density at radius 1 is 1.04 bits per heavy atom. The van der Waals surface area contributed by atoms with E-state index in [2.05, 4.69) is 18.7 Å². The highest BCUT2D eigenvalue weighted by molar-refractivity contribution is 5.83. The lowest BCUT2D eigenvalue weighted by Crippen LogP contribution is -2.60. The summed E-state index contributed by atoms with van der Waals surface area (Å²) in [5, 5.41) is 9.06. The van der Waals surface area contributed by atoms with Crippen molar-refractivity contribution in [2.75, 3.05) is 26.7 Å². The first-order valence-corrected chi connectivity index (χ1v) is 10.8. The lowest BCUT2D eigenvalue weighted by molar-refractivity contribution is -0.179. The lowest BCUT2D eigenvalue weighted by atomic mass is 9.40. The van der Waals surface area contributed by atoms with E-state index in [9.17, 15) is 9.59 Å². The van der Waals surface area contributed by atoms with Gasteiger partial charge in [-0.25, -0.2) is 0 Å². The van der Waals surface area contributed by atoms with Crippen LogP contribution in [0.4, 0.5) is 0 Å². The third kappa shape index (κ3) is 3.52. The van der Waals surface area contributed by atoms with Crippen molar-refractivity contribution in [3.05, 3.63) is 0 Å². The van der Waals surface area contributed by atoms with Crippen LogP contribution in [0.1, 0.15) is 71.6 Å². The normalized spacial score (nSPS) is 43.8. The second-order valence-electron chi connectivity index (χ2n) is 11.1. The topological polar surface area (TPSA) is 60.9 Å². The van der Waals surface area contributed by atoms with Gasteiger partial charge in [0.15, 0.2) is 0 Å². The van der Waals surface area contributed by atoms with Gasteiger partial charge in [-0.3, -0.25) is 14.5 Å². The largest absolute Gasteiger partial charge is 0.480 e. The molecule has 1 N–H and O–H groups in total. The fourth-order valence-electron chi connectivity index (χ4n) is 8.09. The highest BCUT2D eigenvalue weighted by Gasteiger charge is 2.63. The molecule has 5 heteroatoms. The van der Waals surface area contributed by atoms with E-state index in [1.807, 2.05) is 11.9 Å². The molecular formula is C22H36N2O3. The number of aliphatic carboxylic acids is 1. The first-order valence-electron chi connectivity index (χ1n) is 10.8. The van der Waals surface area contributed by atoms with Crippen LogP contribution in [0.2, 0.25) is 0 Å². The summed E-state index contributed by atoms with van der Waals surface area (Å²) < 4.78 is 0. The van der Waals surface area contributed by atoms with Gasteiger partial charge in [0.25, 0.3) is 0 Å². The number of carbonyl (C=O) groups excluding carboxylic acids is 1. The molecule has 27 heavy (non-hydrogen) atoms. The van der Waals surface area contributed by atoms with Gasteiger partial charge in [0.05, 0.1) is 12.0 Å². The number of likely N-dealkylation sites (N-methyl/N-ethyl adjacent to an activating group) is 1. The number of hydrogen-bond acceptors (Lipinski definition) is 3. The summed E-state index contributed by atoms with van der Waals surface area (Å²) in [4.78, 5) is 28.9. The lowest BCUT2D eigenvalue weighted by Gasteiger charge is -2.65. The average Bonchev–Trinajstić information content (AvgIpc) is 2.76. The summed E-state index contributed by atoms with van der Waals surface area (Å²) >= 11 is 0. The third-order valence-electron chi connectivity index (χ3n) is 8.07. The van der Waals surface area contributed by atoms with Crippen molar-refractivity contribution < 1.29 is 14.7 Å². The minimum Gasteiger partial charge on any atom is -0.480 e. The van der Waals surface area contributed by atoms with E-state index < -0.39 is 5.97 Å². The molecule has 4 saturated carbocycles. The van der Waals surface area contributed by atoms with Crippen LogP contribution in [0, 0.1) is 22.2 Å². The van der Waals surface area contributed by atoms with Gasteiger partial charge >= 0.3 is 5.97 Å². The summed E-state index contributed by atoms with van der Waals surface area (Å²) in [5.41, 5.74) is 0.607. The van der Waals surface area contributed by atoms with E-state index >= 15 is 0 Å². The fraction of sp³-hybridized carbons (Fsp3) is 0.909. The SMILES string of the molecule is CN(CC(=O)O)C1CCCN(C(=O)C23CC4CC(C)(CC(C)(C4)C2)C3)CC1. The van der Waals surface area contributed by atoms with Gasteiger partial charge < -0.3 is 10.0 Å². The number of carboxylic acid groups (broad SMARTS) is 1. The molecule has 0 aromatic rings. The summed E-state index contributed by atoms with van der Waals surface area (Å²) in [6, 6.07) is 0.269. The maximum absolute atomic E-state index is 13.8. The molecule has 5 nitrogen and oxygen atoms in total. The molecule has 1 aliphatic heterocycles. The Balaban J connectivity index is 1.46. The monoisotopic (exact) mass is 376 g/mol. The van der Waals surface area contributed by atoms with Crippen LogP contribution in [-0.4, -0.2) is 59.5 Å². The summed E-state index contributed by atoms with van der Waals surface area (Å²) in [6.45, 7) is 6.57. The minimum atomic E-state index is -0.773. The molecule has 0 aromatic carbocycles. The number of carboxylic acids is 1. The van der Waals surface area contributed by atoms with Crippen molar-refractivity contribution in [1.82, 2.24) is 9.80 Å². The Bertz CT molecular complexity index is 615. The second kappa shape index (κ2) is 6.47. The minimum absolute atomic E-state index is 0.0843. The van der Waals surface area contributed by atoms with Crippen LogP contribution in [0.5, 0.6) is 0 Å². The predicted octanol–water partition coefficient (Wildman–Crippen LogP) is 3.38. The number of nitrogens with zero attached hydrogens (tertiary/aromatic N) is 2. The van der Waals surface area contributed by atoms with Crippen molar-refractivity contribution in [2.24, 2.45) is 22.2 Å². The van der Waals surface area contributed by atoms with E-state index in [0.29, 0.717) is 16.7 Å². The van der Waals surface area contributed by atoms with Crippen LogP contribution in [0.15, 0.2) is 0 Å². The molecule has 4 bridgehead atoms. The van der Waals surface area contributed by atoms with E-state index in [1.54, 1.807) is 0 Å². The Kier molecular flexibility index (Phi) is 4.60. The van der Waals surface area contributed by atoms with Crippen LogP contribution in [0.25, 0.3) is 0 Å². The maximum Gasteiger partial charge on any atom is 0.317 e. The molecular weight excluding hydrogens is 340 g/mol. The zero-order valence-corrected chi connectivity index (χ0v) is 17.3. The van der Waals surface area contributed by atoms with Crippen LogP contribution >= 0.6 is 0 Å². The zero-order valence-electron chi connectivity index (χ0n) is 17.3. The molecule has 0 spiro atoms. The molecule has 1 saturated heterocycles. The highest BCUT2D eigenvalue weighted by Crippen LogP contribution is 2.69. The highest BCUT2D eigenvalue weighted by atomic mass is 16.4. The maximum atomic E-state index is 13.8. The Morgan fingerprint density at radius 2 is 1.70 bits per heavy atom. The number of hydrogen-bond donors (Lipinski definition) is 1. The molecule has 4 aliphatic carbocycles. The first kappa shape index (κ1) is 19.2. The van der Waals surface area contributed by atoms with Crippen molar-refractivity contribution in [3.63, 3.8) is 0 Å². The second-order valence-corrected chi connectivity index (χ2v) is 11.1. The van der Waals surface area contributed by atoms with Crippen LogP contribution in [0.3, 0.4) is 0 Å². The third-order valence-corrected chi connectivity index (χ3v) is 8.07. The molecule has 0 radical (unpaired) electrons. The Hall–Kier alpha value is -1.10. The van der Waals surface area contributed by atoms with Crippen LogP contribution in [-0.2, 0) is 9.59 Å².